The summed E-state index contributed by atoms with van der Waals surface area (Å²) in [5.74, 6) is 1.39. The summed E-state index contributed by atoms with van der Waals surface area (Å²) in [6, 6.07) is 0. The Labute approximate surface area is 104 Å². The molecule has 0 amide bonds. The van der Waals surface area contributed by atoms with Crippen LogP contribution in [0.15, 0.2) is 17.4 Å². The second-order valence-electron chi connectivity index (χ2n) is 3.00. The number of aromatic amines is 2. The third-order valence-electron chi connectivity index (χ3n) is 1.92. The van der Waals surface area contributed by atoms with Crippen LogP contribution >= 0.6 is 22.6 Å². The van der Waals surface area contributed by atoms with Gasteiger partial charge in [-0.2, -0.15) is 5.10 Å². The van der Waals surface area contributed by atoms with Crippen molar-refractivity contribution in [2.24, 2.45) is 0 Å². The minimum absolute atomic E-state index is 0.141. The van der Waals surface area contributed by atoms with Gasteiger partial charge >= 0.3 is 0 Å². The van der Waals surface area contributed by atoms with Crippen molar-refractivity contribution in [2.45, 2.75) is 6.42 Å². The first-order valence-corrected chi connectivity index (χ1v) is 5.66. The number of H-pyrrole nitrogens is 2. The molecule has 0 aromatic carbocycles. The van der Waals surface area contributed by atoms with Crippen molar-refractivity contribution in [3.8, 4) is 0 Å². The van der Waals surface area contributed by atoms with Gasteiger partial charge in [-0.15, -0.1) is 0 Å². The van der Waals surface area contributed by atoms with E-state index >= 15 is 0 Å². The molecule has 0 bridgehead atoms. The van der Waals surface area contributed by atoms with Crippen molar-refractivity contribution in [1.82, 2.24) is 25.1 Å². The number of nitrogens with zero attached hydrogens (tertiary/aromatic N) is 3. The quantitative estimate of drug-likeness (QED) is 0.692. The molecule has 0 aliphatic heterocycles. The van der Waals surface area contributed by atoms with Crippen LogP contribution < -0.4 is 10.9 Å². The van der Waals surface area contributed by atoms with Gasteiger partial charge in [0.05, 0.1) is 6.33 Å². The summed E-state index contributed by atoms with van der Waals surface area (Å²) in [4.78, 5) is 21.8. The molecule has 8 heteroatoms. The molecule has 0 saturated heterocycles. The summed E-state index contributed by atoms with van der Waals surface area (Å²) in [6.07, 6.45) is 3.54. The minimum atomic E-state index is -0.141. The van der Waals surface area contributed by atoms with E-state index in [9.17, 15) is 4.79 Å². The van der Waals surface area contributed by atoms with E-state index in [-0.39, 0.29) is 5.56 Å². The van der Waals surface area contributed by atoms with Crippen LogP contribution in [0.25, 0.3) is 0 Å². The van der Waals surface area contributed by atoms with E-state index in [1.807, 2.05) is 22.6 Å². The lowest BCUT2D eigenvalue weighted by Crippen LogP contribution is -2.16. The fourth-order valence-electron chi connectivity index (χ4n) is 1.16. The molecule has 0 fully saturated rings. The van der Waals surface area contributed by atoms with Crippen LogP contribution in [0.2, 0.25) is 0 Å². The lowest BCUT2D eigenvalue weighted by molar-refractivity contribution is 0.893. The molecular weight excluding hydrogens is 323 g/mol. The number of nitrogens with one attached hydrogen (secondary N) is 3. The zero-order valence-electron chi connectivity index (χ0n) is 8.20. The molecule has 16 heavy (non-hydrogen) atoms. The Morgan fingerprint density at radius 1 is 1.44 bits per heavy atom. The average Bonchev–Trinajstić information content (AvgIpc) is 2.77. The predicted molar refractivity (Wildman–Crippen MR) is 66.2 cm³/mol. The summed E-state index contributed by atoms with van der Waals surface area (Å²) < 4.78 is 0.553. The predicted octanol–water partition coefficient (Wildman–Crippen LogP) is 0.147. The van der Waals surface area contributed by atoms with E-state index in [2.05, 4.69) is 30.5 Å². The van der Waals surface area contributed by atoms with Crippen molar-refractivity contribution < 1.29 is 0 Å². The second kappa shape index (κ2) is 5.05. The molecule has 0 aliphatic carbocycles. The van der Waals surface area contributed by atoms with E-state index in [1.165, 1.54) is 12.7 Å². The van der Waals surface area contributed by atoms with Gasteiger partial charge in [0.2, 0.25) is 0 Å². The summed E-state index contributed by atoms with van der Waals surface area (Å²) in [5.41, 5.74) is -0.141. The Morgan fingerprint density at radius 2 is 2.31 bits per heavy atom. The Hall–Kier alpha value is -1.45. The van der Waals surface area contributed by atoms with Crippen LogP contribution in [-0.4, -0.2) is 31.7 Å². The first-order valence-electron chi connectivity index (χ1n) is 4.58. The van der Waals surface area contributed by atoms with Crippen LogP contribution in [0.5, 0.6) is 0 Å². The molecule has 0 radical (unpaired) electrons. The molecule has 7 nitrogen and oxygen atoms in total. The van der Waals surface area contributed by atoms with Gasteiger partial charge in [-0.25, -0.2) is 9.97 Å². The van der Waals surface area contributed by atoms with Crippen molar-refractivity contribution >= 4 is 28.4 Å². The minimum Gasteiger partial charge on any atom is -0.369 e. The molecule has 0 spiro atoms. The van der Waals surface area contributed by atoms with Gasteiger partial charge < -0.3 is 10.3 Å². The van der Waals surface area contributed by atoms with Crippen molar-refractivity contribution in [2.75, 3.05) is 11.9 Å². The molecule has 0 unspecified atom stereocenters. The highest BCUT2D eigenvalue weighted by atomic mass is 127. The molecule has 2 aromatic rings. The summed E-state index contributed by atoms with van der Waals surface area (Å²) in [7, 11) is 0. The molecular formula is C8H9IN6O. The van der Waals surface area contributed by atoms with Crippen molar-refractivity contribution in [3.63, 3.8) is 0 Å². The zero-order valence-corrected chi connectivity index (χ0v) is 10.4. The van der Waals surface area contributed by atoms with Gasteiger partial charge in [0.25, 0.3) is 5.56 Å². The standard InChI is InChI=1S/C8H9IN6O/c9-6-7(12-3-13-8(6)16)10-2-1-5-11-4-14-15-5/h3-4H,1-2H2,(H,11,14,15)(H2,10,12,13,16). The summed E-state index contributed by atoms with van der Waals surface area (Å²) >= 11 is 1.95. The number of halogens is 1. The highest BCUT2D eigenvalue weighted by Gasteiger charge is 2.04. The van der Waals surface area contributed by atoms with Gasteiger partial charge in [0, 0.05) is 13.0 Å². The zero-order chi connectivity index (χ0) is 11.4. The maximum absolute atomic E-state index is 11.3. The fourth-order valence-corrected chi connectivity index (χ4v) is 1.64. The van der Waals surface area contributed by atoms with Crippen LogP contribution in [0.3, 0.4) is 0 Å². The molecule has 2 heterocycles. The monoisotopic (exact) mass is 332 g/mol. The lowest BCUT2D eigenvalue weighted by Gasteiger charge is -2.04. The largest absolute Gasteiger partial charge is 0.369 e. The van der Waals surface area contributed by atoms with Crippen LogP contribution in [-0.2, 0) is 6.42 Å². The third-order valence-corrected chi connectivity index (χ3v) is 2.92. The first-order chi connectivity index (χ1) is 7.77. The van der Waals surface area contributed by atoms with Gasteiger partial charge in [-0.1, -0.05) is 0 Å². The van der Waals surface area contributed by atoms with E-state index in [4.69, 9.17) is 0 Å². The van der Waals surface area contributed by atoms with E-state index in [1.54, 1.807) is 0 Å². The molecule has 0 aliphatic rings. The van der Waals surface area contributed by atoms with E-state index in [0.717, 1.165) is 5.82 Å². The van der Waals surface area contributed by atoms with Gasteiger partial charge in [0.1, 0.15) is 21.5 Å². The SMILES string of the molecule is O=c1[nH]cnc(NCCc2ncn[nH]2)c1I. The number of hydrogen-bond donors (Lipinski definition) is 3. The second-order valence-corrected chi connectivity index (χ2v) is 4.08. The van der Waals surface area contributed by atoms with Gasteiger partial charge in [0.15, 0.2) is 0 Å². The number of aromatic nitrogens is 5. The maximum atomic E-state index is 11.3. The normalized spacial score (nSPS) is 10.3. The van der Waals surface area contributed by atoms with Crippen LogP contribution in [0.4, 0.5) is 5.82 Å². The lowest BCUT2D eigenvalue weighted by atomic mass is 10.4. The smallest absolute Gasteiger partial charge is 0.266 e. The fraction of sp³-hybridized carbons (Fsp3) is 0.250. The Morgan fingerprint density at radius 3 is 3.06 bits per heavy atom. The van der Waals surface area contributed by atoms with Gasteiger partial charge in [-0.05, 0) is 22.6 Å². The molecule has 84 valence electrons. The summed E-state index contributed by atoms with van der Waals surface area (Å²) in [6.45, 7) is 0.641. The number of rotatable bonds is 4. The maximum Gasteiger partial charge on any atom is 0.266 e. The van der Waals surface area contributed by atoms with E-state index in [0.29, 0.717) is 22.4 Å². The number of hydrogen-bond acceptors (Lipinski definition) is 5. The summed E-state index contributed by atoms with van der Waals surface area (Å²) in [5, 5.41) is 9.57. The topological polar surface area (TPSA) is 99.3 Å². The van der Waals surface area contributed by atoms with Crippen molar-refractivity contribution in [1.29, 1.82) is 0 Å². The first kappa shape index (κ1) is 11.0. The molecule has 2 aromatic heterocycles. The Bertz CT molecular complexity index is 507. The van der Waals surface area contributed by atoms with Crippen LogP contribution in [0, 0.1) is 3.57 Å². The van der Waals surface area contributed by atoms with Gasteiger partial charge in [-0.3, -0.25) is 9.89 Å². The Balaban J connectivity index is 1.95. The molecule has 2 rings (SSSR count). The van der Waals surface area contributed by atoms with Crippen molar-refractivity contribution in [3.05, 3.63) is 32.4 Å². The number of anilines is 1. The highest BCUT2D eigenvalue weighted by molar-refractivity contribution is 14.1. The highest BCUT2D eigenvalue weighted by Crippen LogP contribution is 2.08. The van der Waals surface area contributed by atoms with E-state index < -0.39 is 0 Å². The van der Waals surface area contributed by atoms with Crippen LogP contribution in [0.1, 0.15) is 5.82 Å². The molecule has 3 N–H and O–H groups in total. The Kier molecular flexibility index (Phi) is 3.49. The third kappa shape index (κ3) is 2.56. The molecule has 0 saturated carbocycles. The molecule has 0 atom stereocenters. The average molecular weight is 332 g/mol.